The second-order valence-electron chi connectivity index (χ2n) is 8.71. The third kappa shape index (κ3) is 5.74. The van der Waals surface area contributed by atoms with Gasteiger partial charge < -0.3 is 9.64 Å². The molecule has 0 aliphatic heterocycles. The Hall–Kier alpha value is -4.01. The fourth-order valence-electron chi connectivity index (χ4n) is 4.02. The monoisotopic (exact) mass is 473 g/mol. The van der Waals surface area contributed by atoms with Crippen LogP contribution in [0.15, 0.2) is 59.4 Å². The molecule has 2 heterocycles. The molecular formula is C26H31N7O2. The van der Waals surface area contributed by atoms with E-state index < -0.39 is 6.10 Å². The van der Waals surface area contributed by atoms with Gasteiger partial charge in [-0.05, 0) is 37.1 Å². The van der Waals surface area contributed by atoms with Crippen LogP contribution in [0, 0.1) is 6.92 Å². The molecule has 0 radical (unpaired) electrons. The number of rotatable bonds is 10. The van der Waals surface area contributed by atoms with Crippen molar-refractivity contribution in [3.63, 3.8) is 0 Å². The van der Waals surface area contributed by atoms with Gasteiger partial charge in [0.1, 0.15) is 11.6 Å². The number of aromatic nitrogens is 6. The summed E-state index contributed by atoms with van der Waals surface area (Å²) in [4.78, 5) is 19.3. The first kappa shape index (κ1) is 24.1. The molecule has 0 amide bonds. The molecule has 0 bridgehead atoms. The summed E-state index contributed by atoms with van der Waals surface area (Å²) in [5.74, 6) is 1.94. The molecule has 1 unspecified atom stereocenters. The minimum atomic E-state index is -0.539. The van der Waals surface area contributed by atoms with Crippen LogP contribution in [-0.2, 0) is 13.0 Å². The molecule has 1 atom stereocenters. The quantitative estimate of drug-likeness (QED) is 0.375. The predicted molar refractivity (Wildman–Crippen MR) is 135 cm³/mol. The zero-order valence-electron chi connectivity index (χ0n) is 20.6. The molecule has 2 aromatic heterocycles. The van der Waals surface area contributed by atoms with Crippen LogP contribution >= 0.6 is 0 Å². The topological polar surface area (TPSA) is 102 Å². The number of tetrazole rings is 1. The van der Waals surface area contributed by atoms with Crippen LogP contribution in [0.25, 0.3) is 0 Å². The Balaban J connectivity index is 1.59. The van der Waals surface area contributed by atoms with E-state index in [1.165, 1.54) is 0 Å². The van der Waals surface area contributed by atoms with Gasteiger partial charge in [-0.1, -0.05) is 48.9 Å². The Morgan fingerprint density at radius 1 is 1.11 bits per heavy atom. The van der Waals surface area contributed by atoms with Gasteiger partial charge in [0.15, 0.2) is 6.10 Å². The largest absolute Gasteiger partial charge is 0.477 e. The number of benzene rings is 2. The highest BCUT2D eigenvalue weighted by Crippen LogP contribution is 2.32. The summed E-state index contributed by atoms with van der Waals surface area (Å²) in [5, 5.41) is 14.6. The molecule has 182 valence electrons. The Bertz CT molecular complexity index is 1300. The number of H-pyrrole nitrogens is 1. The Morgan fingerprint density at radius 3 is 2.57 bits per heavy atom. The smallest absolute Gasteiger partial charge is 0.254 e. The van der Waals surface area contributed by atoms with Crippen LogP contribution in [-0.4, -0.2) is 44.3 Å². The van der Waals surface area contributed by atoms with Crippen molar-refractivity contribution in [3.05, 3.63) is 93.4 Å². The normalized spacial score (nSPS) is 11.9. The van der Waals surface area contributed by atoms with Gasteiger partial charge in [-0.3, -0.25) is 9.36 Å². The highest BCUT2D eigenvalue weighted by molar-refractivity contribution is 5.55. The van der Waals surface area contributed by atoms with Gasteiger partial charge in [-0.25, -0.2) is 4.98 Å². The van der Waals surface area contributed by atoms with Gasteiger partial charge in [0.05, 0.1) is 6.54 Å². The molecule has 9 nitrogen and oxygen atoms in total. The SMILES string of the molecule is CCCCc1nc(C)cc(=O)n1Cc1ccc(OC(c2nn[nH]n2)c2ccccc2N(C)C)cc1. The molecular weight excluding hydrogens is 442 g/mol. The lowest BCUT2D eigenvalue weighted by molar-refractivity contribution is 0.237. The van der Waals surface area contributed by atoms with Gasteiger partial charge in [-0.2, -0.15) is 5.21 Å². The van der Waals surface area contributed by atoms with Crippen LogP contribution in [0.4, 0.5) is 5.69 Å². The second-order valence-corrected chi connectivity index (χ2v) is 8.71. The molecule has 0 aliphatic carbocycles. The molecule has 4 aromatic rings. The summed E-state index contributed by atoms with van der Waals surface area (Å²) < 4.78 is 8.12. The summed E-state index contributed by atoms with van der Waals surface area (Å²) in [5.41, 5.74) is 3.66. The number of anilines is 1. The van der Waals surface area contributed by atoms with E-state index in [0.29, 0.717) is 18.1 Å². The lowest BCUT2D eigenvalue weighted by Gasteiger charge is -2.23. The van der Waals surface area contributed by atoms with Gasteiger partial charge in [0.2, 0.25) is 5.82 Å². The molecule has 0 saturated heterocycles. The fraction of sp³-hybridized carbons (Fsp3) is 0.346. The Morgan fingerprint density at radius 2 is 1.89 bits per heavy atom. The summed E-state index contributed by atoms with van der Waals surface area (Å²) in [6, 6.07) is 17.3. The zero-order chi connectivity index (χ0) is 24.8. The van der Waals surface area contributed by atoms with Crippen molar-refractivity contribution >= 4 is 5.69 Å². The Labute approximate surface area is 204 Å². The number of nitrogens with one attached hydrogen (secondary N) is 1. The first-order valence-electron chi connectivity index (χ1n) is 11.8. The number of unbranched alkanes of at least 4 members (excludes halogenated alkanes) is 1. The average molecular weight is 474 g/mol. The zero-order valence-corrected chi connectivity index (χ0v) is 20.6. The third-order valence-corrected chi connectivity index (χ3v) is 5.78. The third-order valence-electron chi connectivity index (χ3n) is 5.78. The van der Waals surface area contributed by atoms with E-state index in [9.17, 15) is 4.79 Å². The number of aryl methyl sites for hydroxylation is 2. The molecule has 4 rings (SSSR count). The first-order chi connectivity index (χ1) is 17.0. The maximum absolute atomic E-state index is 12.7. The van der Waals surface area contributed by atoms with Crippen LogP contribution in [0.1, 0.15) is 54.3 Å². The van der Waals surface area contributed by atoms with Crippen molar-refractivity contribution < 1.29 is 4.74 Å². The summed E-state index contributed by atoms with van der Waals surface area (Å²) in [7, 11) is 3.97. The highest BCUT2D eigenvalue weighted by atomic mass is 16.5. The fourth-order valence-corrected chi connectivity index (χ4v) is 4.02. The number of hydrogen-bond acceptors (Lipinski definition) is 7. The molecule has 0 aliphatic rings. The van der Waals surface area contributed by atoms with Crippen molar-refractivity contribution in [1.82, 2.24) is 30.2 Å². The van der Waals surface area contributed by atoms with E-state index >= 15 is 0 Å². The van der Waals surface area contributed by atoms with Crippen molar-refractivity contribution in [2.75, 3.05) is 19.0 Å². The standard InChI is InChI=1S/C26H31N7O2/c1-5-6-11-23-27-18(2)16-24(34)33(23)17-19-12-14-20(15-13-19)35-25(26-28-30-31-29-26)21-9-7-8-10-22(21)32(3)4/h7-10,12-16,25H,5-6,11,17H2,1-4H3,(H,28,29,30,31). The van der Waals surface area contributed by atoms with E-state index in [-0.39, 0.29) is 5.56 Å². The van der Waals surface area contributed by atoms with Crippen molar-refractivity contribution in [3.8, 4) is 5.75 Å². The second kappa shape index (κ2) is 10.9. The lowest BCUT2D eigenvalue weighted by atomic mass is 10.1. The molecule has 1 N–H and O–H groups in total. The molecule has 9 heteroatoms. The van der Waals surface area contributed by atoms with Gasteiger partial charge >= 0.3 is 0 Å². The number of aromatic amines is 1. The minimum absolute atomic E-state index is 0.0265. The van der Waals surface area contributed by atoms with Crippen LogP contribution in [0.3, 0.4) is 0 Å². The first-order valence-corrected chi connectivity index (χ1v) is 11.8. The molecule has 0 fully saturated rings. The van der Waals surface area contributed by atoms with Gasteiger partial charge in [-0.15, -0.1) is 10.2 Å². The van der Waals surface area contributed by atoms with E-state index in [0.717, 1.165) is 47.6 Å². The maximum atomic E-state index is 12.7. The number of nitrogens with zero attached hydrogens (tertiary/aromatic N) is 6. The summed E-state index contributed by atoms with van der Waals surface area (Å²) in [6.07, 6.45) is 2.29. The number of para-hydroxylation sites is 1. The lowest BCUT2D eigenvalue weighted by Crippen LogP contribution is -2.25. The van der Waals surface area contributed by atoms with Crippen LogP contribution in [0.5, 0.6) is 5.75 Å². The van der Waals surface area contributed by atoms with Gasteiger partial charge in [0.25, 0.3) is 5.56 Å². The van der Waals surface area contributed by atoms with Crippen LogP contribution < -0.4 is 15.2 Å². The van der Waals surface area contributed by atoms with Crippen molar-refractivity contribution in [2.45, 2.75) is 45.8 Å². The molecule has 0 spiro atoms. The van der Waals surface area contributed by atoms with E-state index in [1.54, 1.807) is 10.6 Å². The van der Waals surface area contributed by atoms with E-state index in [4.69, 9.17) is 4.74 Å². The van der Waals surface area contributed by atoms with Crippen molar-refractivity contribution in [2.24, 2.45) is 0 Å². The summed E-state index contributed by atoms with van der Waals surface area (Å²) in [6.45, 7) is 4.46. The predicted octanol–water partition coefficient (Wildman–Crippen LogP) is 3.69. The molecule has 2 aromatic carbocycles. The molecule has 35 heavy (non-hydrogen) atoms. The summed E-state index contributed by atoms with van der Waals surface area (Å²) >= 11 is 0. The van der Waals surface area contributed by atoms with Gasteiger partial charge in [0, 0.05) is 43.5 Å². The minimum Gasteiger partial charge on any atom is -0.477 e. The number of hydrogen-bond donors (Lipinski definition) is 1. The molecule has 0 saturated carbocycles. The van der Waals surface area contributed by atoms with E-state index in [2.05, 4.69) is 32.5 Å². The maximum Gasteiger partial charge on any atom is 0.254 e. The Kier molecular flexibility index (Phi) is 7.54. The average Bonchev–Trinajstić information content (AvgIpc) is 3.38. The van der Waals surface area contributed by atoms with Crippen molar-refractivity contribution in [1.29, 1.82) is 0 Å². The van der Waals surface area contributed by atoms with E-state index in [1.807, 2.05) is 74.4 Å². The van der Waals surface area contributed by atoms with Crippen LogP contribution in [0.2, 0.25) is 0 Å². The highest BCUT2D eigenvalue weighted by Gasteiger charge is 2.24. The number of ether oxygens (including phenoxy) is 1.